The van der Waals surface area contributed by atoms with Crippen LogP contribution in [0.3, 0.4) is 0 Å². The fraction of sp³-hybridized carbons (Fsp3) is 0.500. The molecule has 1 N–H and O–H groups in total. The third kappa shape index (κ3) is 4.24. The van der Waals surface area contributed by atoms with Crippen LogP contribution < -0.4 is 0 Å². The maximum absolute atomic E-state index is 12.2. The summed E-state index contributed by atoms with van der Waals surface area (Å²) in [5, 5.41) is 9.07. The molecule has 1 aromatic rings. The standard InChI is InChI=1S/C16H21NO3S/c1-11-5-6-12(2)14(8-11)21-10-15(18)17-7-3-4-13(9-17)16(19)20/h5-6,8,13H,3-4,7,9-10H2,1-2H3,(H,19,20)/t13-/m0/s1. The van der Waals surface area contributed by atoms with Crippen molar-refractivity contribution in [3.05, 3.63) is 29.3 Å². The average molecular weight is 307 g/mol. The molecule has 0 aliphatic carbocycles. The minimum Gasteiger partial charge on any atom is -0.481 e. The quantitative estimate of drug-likeness (QED) is 0.869. The van der Waals surface area contributed by atoms with E-state index in [0.29, 0.717) is 25.3 Å². The number of rotatable bonds is 4. The molecule has 1 heterocycles. The maximum Gasteiger partial charge on any atom is 0.308 e. The van der Waals surface area contributed by atoms with Gasteiger partial charge in [-0.1, -0.05) is 17.7 Å². The summed E-state index contributed by atoms with van der Waals surface area (Å²) in [6, 6.07) is 6.20. The van der Waals surface area contributed by atoms with Gasteiger partial charge in [-0.15, -0.1) is 11.8 Å². The number of nitrogens with zero attached hydrogens (tertiary/aromatic N) is 1. The van der Waals surface area contributed by atoms with Crippen molar-refractivity contribution in [2.24, 2.45) is 5.92 Å². The molecule has 1 aromatic carbocycles. The Bertz CT molecular complexity index is 544. The smallest absolute Gasteiger partial charge is 0.308 e. The highest BCUT2D eigenvalue weighted by Gasteiger charge is 2.27. The number of hydrogen-bond donors (Lipinski definition) is 1. The van der Waals surface area contributed by atoms with Crippen LogP contribution in [-0.2, 0) is 9.59 Å². The number of benzene rings is 1. The summed E-state index contributed by atoms with van der Waals surface area (Å²) in [6.45, 7) is 5.10. The van der Waals surface area contributed by atoms with Crippen molar-refractivity contribution >= 4 is 23.6 Å². The van der Waals surface area contributed by atoms with Crippen molar-refractivity contribution in [2.75, 3.05) is 18.8 Å². The summed E-state index contributed by atoms with van der Waals surface area (Å²) in [6.07, 6.45) is 1.44. The largest absolute Gasteiger partial charge is 0.481 e. The molecular formula is C16H21NO3S. The summed E-state index contributed by atoms with van der Waals surface area (Å²) in [7, 11) is 0. The Balaban J connectivity index is 1.92. The van der Waals surface area contributed by atoms with E-state index in [9.17, 15) is 9.59 Å². The van der Waals surface area contributed by atoms with E-state index in [2.05, 4.69) is 18.2 Å². The Morgan fingerprint density at radius 1 is 1.38 bits per heavy atom. The SMILES string of the molecule is Cc1ccc(C)c(SCC(=O)N2CCC[C@H](C(=O)O)C2)c1. The van der Waals surface area contributed by atoms with E-state index >= 15 is 0 Å². The second-order valence-electron chi connectivity index (χ2n) is 5.57. The van der Waals surface area contributed by atoms with Gasteiger partial charge in [0.2, 0.25) is 5.91 Å². The Labute approximate surface area is 129 Å². The highest BCUT2D eigenvalue weighted by Crippen LogP contribution is 2.25. The molecule has 21 heavy (non-hydrogen) atoms. The van der Waals surface area contributed by atoms with Crippen LogP contribution in [0.25, 0.3) is 0 Å². The van der Waals surface area contributed by atoms with Crippen molar-refractivity contribution in [1.82, 2.24) is 4.90 Å². The van der Waals surface area contributed by atoms with Crippen LogP contribution in [0.2, 0.25) is 0 Å². The number of likely N-dealkylation sites (tertiary alicyclic amines) is 1. The normalized spacial score (nSPS) is 18.6. The molecule has 0 radical (unpaired) electrons. The number of amides is 1. The van der Waals surface area contributed by atoms with E-state index in [1.807, 2.05) is 13.8 Å². The molecule has 1 saturated heterocycles. The molecule has 0 saturated carbocycles. The number of hydrogen-bond acceptors (Lipinski definition) is 3. The monoisotopic (exact) mass is 307 g/mol. The summed E-state index contributed by atoms with van der Waals surface area (Å²) in [5.74, 6) is -0.800. The van der Waals surface area contributed by atoms with Gasteiger partial charge in [-0.05, 0) is 38.3 Å². The van der Waals surface area contributed by atoms with Crippen LogP contribution in [0.1, 0.15) is 24.0 Å². The van der Waals surface area contributed by atoms with E-state index in [1.54, 1.807) is 4.90 Å². The van der Waals surface area contributed by atoms with Gasteiger partial charge in [-0.2, -0.15) is 0 Å². The number of carboxylic acid groups (broad SMARTS) is 1. The predicted octanol–water partition coefficient (Wildman–Crippen LogP) is 2.72. The van der Waals surface area contributed by atoms with Crippen molar-refractivity contribution in [1.29, 1.82) is 0 Å². The maximum atomic E-state index is 12.2. The Morgan fingerprint density at radius 2 is 2.14 bits per heavy atom. The molecule has 5 heteroatoms. The van der Waals surface area contributed by atoms with Gasteiger partial charge in [-0.25, -0.2) is 0 Å². The van der Waals surface area contributed by atoms with E-state index in [4.69, 9.17) is 5.11 Å². The number of carbonyl (C=O) groups excluding carboxylic acids is 1. The third-order valence-electron chi connectivity index (χ3n) is 3.82. The Morgan fingerprint density at radius 3 is 2.86 bits per heavy atom. The molecule has 0 spiro atoms. The number of thioether (sulfide) groups is 1. The number of piperidine rings is 1. The molecule has 4 nitrogen and oxygen atoms in total. The second-order valence-corrected chi connectivity index (χ2v) is 6.59. The van der Waals surface area contributed by atoms with E-state index in [1.165, 1.54) is 22.9 Å². The number of aliphatic carboxylic acids is 1. The van der Waals surface area contributed by atoms with E-state index in [-0.39, 0.29) is 5.91 Å². The van der Waals surface area contributed by atoms with Gasteiger partial charge in [0, 0.05) is 18.0 Å². The van der Waals surface area contributed by atoms with Gasteiger partial charge in [0.15, 0.2) is 0 Å². The lowest BCUT2D eigenvalue weighted by molar-refractivity contribution is -0.145. The predicted molar refractivity (Wildman–Crippen MR) is 83.6 cm³/mol. The first kappa shape index (κ1) is 15.9. The lowest BCUT2D eigenvalue weighted by Gasteiger charge is -2.30. The summed E-state index contributed by atoms with van der Waals surface area (Å²) >= 11 is 1.53. The molecular weight excluding hydrogens is 286 g/mol. The topological polar surface area (TPSA) is 57.6 Å². The van der Waals surface area contributed by atoms with Crippen molar-refractivity contribution in [3.8, 4) is 0 Å². The first-order valence-corrected chi connectivity index (χ1v) is 8.16. The van der Waals surface area contributed by atoms with Crippen LogP contribution in [0.5, 0.6) is 0 Å². The van der Waals surface area contributed by atoms with Crippen LogP contribution in [0.4, 0.5) is 0 Å². The van der Waals surface area contributed by atoms with Crippen molar-refractivity contribution < 1.29 is 14.7 Å². The summed E-state index contributed by atoms with van der Waals surface area (Å²) in [5.41, 5.74) is 2.35. The van der Waals surface area contributed by atoms with Gasteiger partial charge >= 0.3 is 5.97 Å². The molecule has 1 aliphatic rings. The minimum absolute atomic E-state index is 0.0341. The number of aryl methyl sites for hydroxylation is 2. The molecule has 0 unspecified atom stereocenters. The summed E-state index contributed by atoms with van der Waals surface area (Å²) < 4.78 is 0. The van der Waals surface area contributed by atoms with Crippen LogP contribution >= 0.6 is 11.8 Å². The van der Waals surface area contributed by atoms with Crippen LogP contribution in [0.15, 0.2) is 23.1 Å². The van der Waals surface area contributed by atoms with Crippen molar-refractivity contribution in [3.63, 3.8) is 0 Å². The summed E-state index contributed by atoms with van der Waals surface area (Å²) in [4.78, 5) is 26.1. The average Bonchev–Trinajstić information content (AvgIpc) is 2.48. The van der Waals surface area contributed by atoms with Gasteiger partial charge in [0.05, 0.1) is 11.7 Å². The molecule has 0 aromatic heterocycles. The zero-order valence-electron chi connectivity index (χ0n) is 12.5. The number of carboxylic acids is 1. The number of carbonyl (C=O) groups is 2. The van der Waals surface area contributed by atoms with Crippen molar-refractivity contribution in [2.45, 2.75) is 31.6 Å². The first-order valence-electron chi connectivity index (χ1n) is 7.18. The Hall–Kier alpha value is -1.49. The third-order valence-corrected chi connectivity index (χ3v) is 4.96. The molecule has 1 aliphatic heterocycles. The fourth-order valence-electron chi connectivity index (χ4n) is 2.50. The zero-order chi connectivity index (χ0) is 15.4. The van der Waals surface area contributed by atoms with E-state index in [0.717, 1.165) is 11.3 Å². The zero-order valence-corrected chi connectivity index (χ0v) is 13.3. The molecule has 0 bridgehead atoms. The molecule has 1 fully saturated rings. The van der Waals surface area contributed by atoms with Crippen LogP contribution in [-0.4, -0.2) is 40.7 Å². The van der Waals surface area contributed by atoms with Gasteiger partial charge in [0.25, 0.3) is 0 Å². The van der Waals surface area contributed by atoms with Gasteiger partial charge in [-0.3, -0.25) is 9.59 Å². The van der Waals surface area contributed by atoms with E-state index < -0.39 is 11.9 Å². The second kappa shape index (κ2) is 6.98. The van der Waals surface area contributed by atoms with Gasteiger partial charge in [0.1, 0.15) is 0 Å². The highest BCUT2D eigenvalue weighted by atomic mass is 32.2. The lowest BCUT2D eigenvalue weighted by Crippen LogP contribution is -2.43. The minimum atomic E-state index is -0.797. The molecule has 2 rings (SSSR count). The molecule has 1 amide bonds. The Kier molecular flexibility index (Phi) is 5.28. The molecule has 1 atom stereocenters. The van der Waals surface area contributed by atoms with Gasteiger partial charge < -0.3 is 10.0 Å². The molecule has 114 valence electrons. The fourth-order valence-corrected chi connectivity index (χ4v) is 3.53. The van der Waals surface area contributed by atoms with Crippen LogP contribution in [0, 0.1) is 19.8 Å². The lowest BCUT2D eigenvalue weighted by atomic mass is 9.98. The highest BCUT2D eigenvalue weighted by molar-refractivity contribution is 8.00. The first-order chi connectivity index (χ1) is 9.97.